The number of rotatable bonds is 7. The molecule has 1 heterocycles. The van der Waals surface area contributed by atoms with Gasteiger partial charge in [-0.3, -0.25) is 0 Å². The minimum atomic E-state index is -3.60. The van der Waals surface area contributed by atoms with Gasteiger partial charge in [-0.15, -0.1) is 0 Å². The first kappa shape index (κ1) is 15.1. The molecular formula is C13H20N2O4S. The van der Waals surface area contributed by atoms with Crippen LogP contribution in [-0.2, 0) is 16.6 Å². The fourth-order valence-corrected chi connectivity index (χ4v) is 3.46. The van der Waals surface area contributed by atoms with Gasteiger partial charge in [-0.25, -0.2) is 17.5 Å². The molecule has 1 saturated carbocycles. The lowest BCUT2D eigenvalue weighted by atomic mass is 10.4. The summed E-state index contributed by atoms with van der Waals surface area (Å²) >= 11 is 0. The zero-order valence-electron chi connectivity index (χ0n) is 11.7. The van der Waals surface area contributed by atoms with Crippen molar-refractivity contribution in [2.45, 2.75) is 37.6 Å². The Labute approximate surface area is 119 Å². The van der Waals surface area contributed by atoms with Gasteiger partial charge in [-0.1, -0.05) is 6.92 Å². The van der Waals surface area contributed by atoms with E-state index in [1.165, 1.54) is 21.1 Å². The molecule has 0 aromatic carbocycles. The predicted molar refractivity (Wildman–Crippen MR) is 74.2 cm³/mol. The minimum absolute atomic E-state index is 0.0187. The van der Waals surface area contributed by atoms with E-state index < -0.39 is 16.0 Å². The van der Waals surface area contributed by atoms with E-state index in [1.54, 1.807) is 7.05 Å². The van der Waals surface area contributed by atoms with Gasteiger partial charge in [0.25, 0.3) is 0 Å². The van der Waals surface area contributed by atoms with Crippen LogP contribution in [0.3, 0.4) is 0 Å². The van der Waals surface area contributed by atoms with Crippen LogP contribution in [-0.4, -0.2) is 42.0 Å². The summed E-state index contributed by atoms with van der Waals surface area (Å²) in [6.45, 7) is 2.91. The Kier molecular flexibility index (Phi) is 4.19. The number of hydrogen-bond acceptors (Lipinski definition) is 3. The molecule has 0 atom stereocenters. The van der Waals surface area contributed by atoms with Crippen molar-refractivity contribution < 1.29 is 18.3 Å². The molecule has 0 saturated heterocycles. The summed E-state index contributed by atoms with van der Waals surface area (Å²) in [6.07, 6.45) is 4.30. The first-order valence-corrected chi connectivity index (χ1v) is 8.20. The van der Waals surface area contributed by atoms with Crippen molar-refractivity contribution in [3.63, 3.8) is 0 Å². The van der Waals surface area contributed by atoms with E-state index in [2.05, 4.69) is 0 Å². The molecule has 0 amide bonds. The normalized spacial score (nSPS) is 15.8. The molecule has 7 heteroatoms. The number of sulfonamides is 1. The molecule has 0 bridgehead atoms. The van der Waals surface area contributed by atoms with Crippen LogP contribution in [0.15, 0.2) is 17.2 Å². The predicted octanol–water partition coefficient (Wildman–Crippen LogP) is 1.63. The Morgan fingerprint density at radius 3 is 2.65 bits per heavy atom. The van der Waals surface area contributed by atoms with Crippen LogP contribution in [0, 0.1) is 5.92 Å². The quantitative estimate of drug-likeness (QED) is 0.830. The smallest absolute Gasteiger partial charge is 0.352 e. The molecule has 1 aliphatic carbocycles. The van der Waals surface area contributed by atoms with E-state index in [1.807, 2.05) is 6.92 Å². The van der Waals surface area contributed by atoms with Crippen LogP contribution < -0.4 is 0 Å². The topological polar surface area (TPSA) is 79.6 Å². The molecule has 0 aliphatic heterocycles. The van der Waals surface area contributed by atoms with Gasteiger partial charge < -0.3 is 9.67 Å². The number of aromatic carboxylic acids is 1. The molecule has 0 unspecified atom stereocenters. The summed E-state index contributed by atoms with van der Waals surface area (Å²) in [5.74, 6) is -0.656. The lowest BCUT2D eigenvalue weighted by Crippen LogP contribution is -2.28. The summed E-state index contributed by atoms with van der Waals surface area (Å²) < 4.78 is 27.6. The van der Waals surface area contributed by atoms with Gasteiger partial charge in [-0.05, 0) is 31.2 Å². The van der Waals surface area contributed by atoms with Crippen LogP contribution in [0.1, 0.15) is 36.7 Å². The van der Waals surface area contributed by atoms with Crippen LogP contribution >= 0.6 is 0 Å². The number of aromatic nitrogens is 1. The van der Waals surface area contributed by atoms with Crippen molar-refractivity contribution in [3.8, 4) is 0 Å². The van der Waals surface area contributed by atoms with Crippen LogP contribution in [0.25, 0.3) is 0 Å². The second-order valence-electron chi connectivity index (χ2n) is 5.29. The van der Waals surface area contributed by atoms with Gasteiger partial charge in [0.05, 0.1) is 0 Å². The van der Waals surface area contributed by atoms with Crippen molar-refractivity contribution in [1.29, 1.82) is 0 Å². The number of nitrogens with zero attached hydrogens (tertiary/aromatic N) is 2. The Hall–Kier alpha value is -1.34. The summed E-state index contributed by atoms with van der Waals surface area (Å²) in [5, 5.41) is 9.14. The first-order valence-electron chi connectivity index (χ1n) is 6.76. The van der Waals surface area contributed by atoms with Crippen molar-refractivity contribution in [1.82, 2.24) is 8.87 Å². The number of hydrogen-bond donors (Lipinski definition) is 1. The highest BCUT2D eigenvalue weighted by atomic mass is 32.2. The third-order valence-electron chi connectivity index (χ3n) is 3.48. The lowest BCUT2D eigenvalue weighted by molar-refractivity contribution is 0.0685. The Morgan fingerprint density at radius 1 is 1.50 bits per heavy atom. The van der Waals surface area contributed by atoms with E-state index >= 15 is 0 Å². The van der Waals surface area contributed by atoms with Crippen molar-refractivity contribution in [2.24, 2.45) is 5.92 Å². The summed E-state index contributed by atoms with van der Waals surface area (Å²) in [4.78, 5) is 11.2. The molecule has 2 rings (SSSR count). The van der Waals surface area contributed by atoms with Crippen LogP contribution in [0.4, 0.5) is 0 Å². The number of aryl methyl sites for hydroxylation is 1. The third kappa shape index (κ3) is 3.04. The molecular weight excluding hydrogens is 280 g/mol. The maximum Gasteiger partial charge on any atom is 0.352 e. The molecule has 1 aromatic rings. The maximum atomic E-state index is 12.4. The third-order valence-corrected chi connectivity index (χ3v) is 5.26. The second-order valence-corrected chi connectivity index (χ2v) is 7.33. The monoisotopic (exact) mass is 300 g/mol. The highest BCUT2D eigenvalue weighted by Crippen LogP contribution is 2.31. The average molecular weight is 300 g/mol. The molecule has 0 radical (unpaired) electrons. The minimum Gasteiger partial charge on any atom is -0.477 e. The fourth-order valence-electron chi connectivity index (χ4n) is 2.17. The summed E-state index contributed by atoms with van der Waals surface area (Å²) in [7, 11) is -2.05. The first-order chi connectivity index (χ1) is 9.36. The van der Waals surface area contributed by atoms with E-state index in [0.29, 0.717) is 19.0 Å². The van der Waals surface area contributed by atoms with E-state index in [9.17, 15) is 13.2 Å². The standard InChI is InChI=1S/C13H20N2O4S/c1-3-6-15-9-11(7-12(15)13(16)17)20(18,19)14(2)8-10-4-5-10/h7,9-10H,3-6,8H2,1-2H3,(H,16,17). The second kappa shape index (κ2) is 5.57. The number of carbonyl (C=O) groups is 1. The zero-order chi connectivity index (χ0) is 14.9. The van der Waals surface area contributed by atoms with Gasteiger partial charge >= 0.3 is 5.97 Å². The number of carboxylic acids is 1. The number of carboxylic acid groups (broad SMARTS) is 1. The Bertz CT molecular complexity index is 602. The van der Waals surface area contributed by atoms with E-state index in [-0.39, 0.29) is 10.6 Å². The molecule has 6 nitrogen and oxygen atoms in total. The van der Waals surface area contributed by atoms with Crippen molar-refractivity contribution in [2.75, 3.05) is 13.6 Å². The van der Waals surface area contributed by atoms with Crippen molar-refractivity contribution in [3.05, 3.63) is 18.0 Å². The summed E-state index contributed by atoms with van der Waals surface area (Å²) in [6, 6.07) is 1.25. The largest absolute Gasteiger partial charge is 0.477 e. The van der Waals surface area contributed by atoms with Crippen molar-refractivity contribution >= 4 is 16.0 Å². The SMILES string of the molecule is CCCn1cc(S(=O)(=O)N(C)CC2CC2)cc1C(=O)O. The fraction of sp³-hybridized carbons (Fsp3) is 0.615. The Balaban J connectivity index is 2.30. The lowest BCUT2D eigenvalue weighted by Gasteiger charge is -2.15. The van der Waals surface area contributed by atoms with Gasteiger partial charge in [0.1, 0.15) is 10.6 Å². The van der Waals surface area contributed by atoms with Gasteiger partial charge in [0.2, 0.25) is 10.0 Å². The summed E-state index contributed by atoms with van der Waals surface area (Å²) in [5.41, 5.74) is 0.0187. The van der Waals surface area contributed by atoms with Gasteiger partial charge in [-0.2, -0.15) is 0 Å². The Morgan fingerprint density at radius 2 is 2.15 bits per heavy atom. The van der Waals surface area contributed by atoms with Gasteiger partial charge in [0.15, 0.2) is 0 Å². The molecule has 20 heavy (non-hydrogen) atoms. The van der Waals surface area contributed by atoms with Gasteiger partial charge in [0, 0.05) is 26.3 Å². The molecule has 1 aliphatic rings. The van der Waals surface area contributed by atoms with Crippen LogP contribution in [0.2, 0.25) is 0 Å². The average Bonchev–Trinajstić information content (AvgIpc) is 3.06. The van der Waals surface area contributed by atoms with E-state index in [0.717, 1.165) is 19.3 Å². The molecule has 0 spiro atoms. The van der Waals surface area contributed by atoms with E-state index in [4.69, 9.17) is 5.11 Å². The molecule has 1 fully saturated rings. The zero-order valence-corrected chi connectivity index (χ0v) is 12.6. The van der Waals surface area contributed by atoms with Crippen LogP contribution in [0.5, 0.6) is 0 Å². The molecule has 1 N–H and O–H groups in total. The molecule has 112 valence electrons. The highest BCUT2D eigenvalue weighted by molar-refractivity contribution is 7.89. The maximum absolute atomic E-state index is 12.4. The molecule has 1 aromatic heterocycles. The highest BCUT2D eigenvalue weighted by Gasteiger charge is 2.30.